The summed E-state index contributed by atoms with van der Waals surface area (Å²) in [7, 11) is -1.33. The van der Waals surface area contributed by atoms with Gasteiger partial charge in [0.1, 0.15) is 17.7 Å². The summed E-state index contributed by atoms with van der Waals surface area (Å²) in [6, 6.07) is 9.70. The van der Waals surface area contributed by atoms with Gasteiger partial charge in [-0.15, -0.1) is 0 Å². The van der Waals surface area contributed by atoms with E-state index in [4.69, 9.17) is 4.74 Å². The lowest BCUT2D eigenvalue weighted by Crippen LogP contribution is -2.26. The lowest BCUT2D eigenvalue weighted by molar-refractivity contribution is -0.117. The van der Waals surface area contributed by atoms with Crippen molar-refractivity contribution >= 4 is 39.7 Å². The average Bonchev–Trinajstić information content (AvgIpc) is 3.41. The normalized spacial score (nSPS) is 21.7. The highest BCUT2D eigenvalue weighted by Crippen LogP contribution is 2.52. The van der Waals surface area contributed by atoms with E-state index in [1.165, 1.54) is 0 Å². The van der Waals surface area contributed by atoms with Crippen molar-refractivity contribution in [3.05, 3.63) is 54.5 Å². The van der Waals surface area contributed by atoms with Crippen LogP contribution < -0.4 is 19.3 Å². The van der Waals surface area contributed by atoms with Crippen LogP contribution in [0.1, 0.15) is 31.4 Å². The molecule has 1 amide bonds. The first-order chi connectivity index (χ1) is 17.3. The number of likely N-dealkylation sites (N-methyl/N-ethyl adjacent to an activating group) is 1. The van der Waals surface area contributed by atoms with Gasteiger partial charge in [0.25, 0.3) is 0 Å². The number of hydrogen-bond acceptors (Lipinski definition) is 9. The molecule has 3 N–H and O–H groups in total. The fraction of sp³-hybridized carbons (Fsp3) is 0.320. The van der Waals surface area contributed by atoms with E-state index in [-0.39, 0.29) is 12.0 Å². The molecule has 10 nitrogen and oxygen atoms in total. The number of carbonyl (C=O) groups excluding carboxylic acids is 1. The van der Waals surface area contributed by atoms with Gasteiger partial charge in [0.15, 0.2) is 0 Å². The van der Waals surface area contributed by atoms with Gasteiger partial charge in [0, 0.05) is 61.2 Å². The number of fused-ring (bicyclic) bond motifs is 3. The van der Waals surface area contributed by atoms with Gasteiger partial charge in [-0.1, -0.05) is 11.0 Å². The number of hydrogen-bond donors (Lipinski definition) is 3. The van der Waals surface area contributed by atoms with Crippen LogP contribution >= 0.6 is 11.0 Å². The first kappa shape index (κ1) is 23.0. The molecule has 2 aromatic heterocycles. The zero-order valence-electron chi connectivity index (χ0n) is 20.1. The van der Waals surface area contributed by atoms with Gasteiger partial charge in [-0.25, -0.2) is 4.98 Å². The smallest absolute Gasteiger partial charge is 0.227 e. The maximum Gasteiger partial charge on any atom is 0.227 e. The third-order valence-corrected chi connectivity index (χ3v) is 8.94. The predicted octanol–water partition coefficient (Wildman–Crippen LogP) is 4.80. The Kier molecular flexibility index (Phi) is 5.52. The van der Waals surface area contributed by atoms with Crippen LogP contribution in [0, 0.1) is 0 Å². The number of nitrogens with zero attached hydrogens (tertiary/aromatic N) is 5. The maximum absolute atomic E-state index is 12.2. The molecule has 3 aliphatic heterocycles. The minimum Gasteiger partial charge on any atom is -0.485 e. The summed E-state index contributed by atoms with van der Waals surface area (Å²) in [6.07, 6.45) is 6.40. The van der Waals surface area contributed by atoms with Gasteiger partial charge in [-0.3, -0.25) is 23.2 Å². The minimum absolute atomic E-state index is 0.150. The molecule has 0 aliphatic carbocycles. The van der Waals surface area contributed by atoms with E-state index >= 15 is 0 Å². The zero-order valence-corrected chi connectivity index (χ0v) is 20.9. The molecule has 3 aliphatic rings. The number of amides is 1. The number of nitrogens with one attached hydrogen (secondary N) is 1. The average molecular weight is 509 g/mol. The number of pyridine rings is 2. The number of ether oxygens (including phenoxy) is 1. The monoisotopic (exact) mass is 508 g/mol. The summed E-state index contributed by atoms with van der Waals surface area (Å²) in [5.74, 6) is 1.54. The Bertz CT molecular complexity index is 1350. The number of anilines is 4. The van der Waals surface area contributed by atoms with Crippen molar-refractivity contribution in [2.24, 2.45) is 0 Å². The summed E-state index contributed by atoms with van der Waals surface area (Å²) in [4.78, 5) is 22.9. The van der Waals surface area contributed by atoms with E-state index < -0.39 is 11.0 Å². The Morgan fingerprint density at radius 2 is 1.92 bits per heavy atom. The van der Waals surface area contributed by atoms with Crippen molar-refractivity contribution in [2.75, 3.05) is 41.2 Å². The molecule has 1 atom stereocenters. The Morgan fingerprint density at radius 3 is 2.67 bits per heavy atom. The van der Waals surface area contributed by atoms with Crippen molar-refractivity contribution in [3.63, 3.8) is 0 Å². The number of aromatic nitrogens is 2. The highest BCUT2D eigenvalue weighted by Gasteiger charge is 2.35. The number of carbonyl (C=O) groups is 1. The van der Waals surface area contributed by atoms with Crippen LogP contribution in [-0.4, -0.2) is 56.0 Å². The largest absolute Gasteiger partial charge is 0.485 e. The molecule has 0 saturated carbocycles. The van der Waals surface area contributed by atoms with Crippen LogP contribution in [0.25, 0.3) is 11.1 Å². The van der Waals surface area contributed by atoms with Crippen molar-refractivity contribution in [1.29, 1.82) is 0 Å². The molecule has 0 radical (unpaired) electrons. The van der Waals surface area contributed by atoms with Gasteiger partial charge in [0.2, 0.25) is 5.91 Å². The molecule has 0 spiro atoms. The topological polar surface area (TPSA) is 114 Å². The number of rotatable bonds is 4. The van der Waals surface area contributed by atoms with Gasteiger partial charge in [0.05, 0.1) is 30.3 Å². The zero-order chi connectivity index (χ0) is 25.0. The molecule has 2 fully saturated rings. The maximum atomic E-state index is 12.2. The number of benzene rings is 1. The molecule has 1 unspecified atom stereocenters. The molecule has 36 heavy (non-hydrogen) atoms. The van der Waals surface area contributed by atoms with Gasteiger partial charge in [-0.05, 0) is 37.6 Å². The van der Waals surface area contributed by atoms with Crippen molar-refractivity contribution < 1.29 is 18.6 Å². The molecule has 5 heterocycles. The second kappa shape index (κ2) is 8.63. The Hall–Kier alpha value is -3.38. The van der Waals surface area contributed by atoms with E-state index in [9.17, 15) is 13.9 Å². The summed E-state index contributed by atoms with van der Waals surface area (Å²) < 4.78 is 30.3. The molecule has 0 bridgehead atoms. The van der Waals surface area contributed by atoms with E-state index in [0.29, 0.717) is 36.7 Å². The fourth-order valence-corrected chi connectivity index (χ4v) is 6.34. The highest BCUT2D eigenvalue weighted by atomic mass is 32.3. The van der Waals surface area contributed by atoms with E-state index in [1.54, 1.807) is 28.1 Å². The van der Waals surface area contributed by atoms with Crippen LogP contribution in [0.2, 0.25) is 0 Å². The lowest BCUT2D eigenvalue weighted by atomic mass is 9.94. The van der Waals surface area contributed by atoms with Crippen LogP contribution in [0.5, 0.6) is 5.75 Å². The third-order valence-electron chi connectivity index (χ3n) is 6.93. The van der Waals surface area contributed by atoms with Crippen molar-refractivity contribution in [3.8, 4) is 16.9 Å². The van der Waals surface area contributed by atoms with Crippen LogP contribution in [0.15, 0.2) is 48.9 Å². The standard InChI is InChI=1S/C25H28N6O4S/c1-16-21-12-24(28-17-10-19(14-26-13-17)31-9-8-29(2)36(31,33)34)27-15-22(21)20-6-5-18(11-23(20)35-16)30-7-3-4-25(30)32/h5-6,10-16,33-34H,3-4,7-9H2,1-2H3,(H,27,28). The summed E-state index contributed by atoms with van der Waals surface area (Å²) >= 11 is 0. The first-order valence-electron chi connectivity index (χ1n) is 11.9. The molecule has 11 heteroatoms. The predicted molar refractivity (Wildman–Crippen MR) is 141 cm³/mol. The second-order valence-corrected chi connectivity index (χ2v) is 11.3. The summed E-state index contributed by atoms with van der Waals surface area (Å²) in [6.45, 7) is 3.80. The van der Waals surface area contributed by atoms with E-state index in [1.807, 2.05) is 48.4 Å². The van der Waals surface area contributed by atoms with Crippen molar-refractivity contribution in [1.82, 2.24) is 14.3 Å². The van der Waals surface area contributed by atoms with Crippen LogP contribution in [0.4, 0.5) is 22.9 Å². The third kappa shape index (κ3) is 3.84. The molecule has 3 aromatic rings. The van der Waals surface area contributed by atoms with E-state index in [2.05, 4.69) is 15.3 Å². The molecular formula is C25H28N6O4S. The molecule has 6 rings (SSSR count). The highest BCUT2D eigenvalue weighted by molar-refractivity contribution is 8.23. The summed E-state index contributed by atoms with van der Waals surface area (Å²) in [5.41, 5.74) is 5.13. The molecular weight excluding hydrogens is 480 g/mol. The molecule has 2 saturated heterocycles. The molecule has 1 aromatic carbocycles. The summed E-state index contributed by atoms with van der Waals surface area (Å²) in [5, 5.41) is 3.28. The fourth-order valence-electron chi connectivity index (χ4n) is 4.97. The van der Waals surface area contributed by atoms with Gasteiger partial charge < -0.3 is 15.0 Å². The Labute approximate surface area is 211 Å². The van der Waals surface area contributed by atoms with Gasteiger partial charge in [-0.2, -0.15) is 4.31 Å². The van der Waals surface area contributed by atoms with E-state index in [0.717, 1.165) is 41.1 Å². The van der Waals surface area contributed by atoms with Crippen molar-refractivity contribution in [2.45, 2.75) is 25.9 Å². The second-order valence-electron chi connectivity index (χ2n) is 9.25. The Balaban J connectivity index is 1.26. The SMILES string of the molecule is CC1Oc2cc(N3CCCC3=O)ccc2-c2cnc(Nc3cncc(N4CCN(C)S4(O)O)c3)cc21. The quantitative estimate of drug-likeness (QED) is 0.457. The minimum atomic E-state index is -3.02. The van der Waals surface area contributed by atoms with Crippen LogP contribution in [0.3, 0.4) is 0 Å². The van der Waals surface area contributed by atoms with Crippen LogP contribution in [-0.2, 0) is 4.79 Å². The lowest BCUT2D eigenvalue weighted by Gasteiger charge is -2.41. The molecule has 188 valence electrons. The Morgan fingerprint density at radius 1 is 1.06 bits per heavy atom. The first-order valence-corrected chi connectivity index (χ1v) is 13.4. The van der Waals surface area contributed by atoms with Gasteiger partial charge >= 0.3 is 0 Å².